The molecule has 9 rings (SSSR count). The maximum atomic E-state index is 14.1. The first-order valence-corrected chi connectivity index (χ1v) is 24.6. The van der Waals surface area contributed by atoms with E-state index >= 15 is 0 Å². The molecule has 0 unspecified atom stereocenters. The van der Waals surface area contributed by atoms with Gasteiger partial charge in [0.05, 0.1) is 39.4 Å². The Bertz CT molecular complexity index is 2790. The number of sulfonamides is 1. The number of rotatable bonds is 12. The maximum absolute atomic E-state index is 14.1. The Morgan fingerprint density at radius 3 is 2.53 bits per heavy atom. The summed E-state index contributed by atoms with van der Waals surface area (Å²) in [5.41, 5.74) is 4.62. The van der Waals surface area contributed by atoms with Gasteiger partial charge in [-0.15, -0.1) is 0 Å². The van der Waals surface area contributed by atoms with E-state index in [-0.39, 0.29) is 40.2 Å². The third kappa shape index (κ3) is 10.2. The largest absolute Gasteiger partial charge is 0.480 e. The molecule has 0 bridgehead atoms. The highest BCUT2D eigenvalue weighted by Crippen LogP contribution is 2.45. The van der Waals surface area contributed by atoms with Crippen molar-refractivity contribution in [2.24, 2.45) is 11.3 Å². The third-order valence-electron chi connectivity index (χ3n) is 13.7. The molecule has 2 aliphatic carbocycles. The number of ether oxygens (including phenoxy) is 2. The molecular formula is C49H56ClN7O8S. The first-order chi connectivity index (χ1) is 31.5. The normalized spacial score (nSPS) is 22.3. The van der Waals surface area contributed by atoms with Crippen molar-refractivity contribution in [3.63, 3.8) is 0 Å². The third-order valence-corrected chi connectivity index (χ3v) is 15.3. The number of nitro groups is 1. The van der Waals surface area contributed by atoms with Crippen LogP contribution in [0, 0.1) is 21.4 Å². The van der Waals surface area contributed by atoms with Gasteiger partial charge in [-0.3, -0.25) is 19.8 Å². The molecule has 4 N–H and O–H groups in total. The van der Waals surface area contributed by atoms with Crippen molar-refractivity contribution in [2.75, 3.05) is 49.5 Å². The van der Waals surface area contributed by atoms with E-state index < -0.39 is 37.0 Å². The molecule has 3 aromatic carbocycles. The van der Waals surface area contributed by atoms with Crippen LogP contribution in [0.25, 0.3) is 16.6 Å². The zero-order valence-electron chi connectivity index (χ0n) is 37.4. The zero-order valence-corrected chi connectivity index (χ0v) is 39.0. The number of nitrogens with zero attached hydrogens (tertiary/aromatic N) is 4. The first-order valence-electron chi connectivity index (χ1n) is 22.7. The van der Waals surface area contributed by atoms with Gasteiger partial charge < -0.3 is 29.8 Å². The predicted octanol–water partition coefficient (Wildman–Crippen LogP) is 9.33. The molecule has 1 amide bonds. The van der Waals surface area contributed by atoms with Crippen molar-refractivity contribution < 1.29 is 32.7 Å². The second-order valence-corrected chi connectivity index (χ2v) is 21.5. The van der Waals surface area contributed by atoms with Crippen LogP contribution in [-0.2, 0) is 10.0 Å². The molecule has 17 heteroatoms. The van der Waals surface area contributed by atoms with Gasteiger partial charge >= 0.3 is 5.69 Å². The number of pyridine rings is 1. The predicted molar refractivity (Wildman–Crippen MR) is 255 cm³/mol. The smallest absolute Gasteiger partial charge is 0.314 e. The molecule has 2 fully saturated rings. The van der Waals surface area contributed by atoms with E-state index in [1.54, 1.807) is 24.4 Å². The first kappa shape index (κ1) is 45.5. The molecular weight excluding hydrogens is 882 g/mol. The molecule has 0 spiro atoms. The molecule has 5 aromatic rings. The van der Waals surface area contributed by atoms with Crippen LogP contribution in [0.15, 0.2) is 89.6 Å². The topological polar surface area (TPSA) is 192 Å². The minimum absolute atomic E-state index is 0.0535. The lowest BCUT2D eigenvalue weighted by Gasteiger charge is -2.39. The number of hydrogen-bond acceptors (Lipinski definition) is 12. The summed E-state index contributed by atoms with van der Waals surface area (Å²) in [6.07, 6.45) is 9.67. The Labute approximate surface area is 389 Å². The minimum atomic E-state index is -4.66. The van der Waals surface area contributed by atoms with Crippen molar-refractivity contribution in [1.29, 1.82) is 0 Å². The van der Waals surface area contributed by atoms with Gasteiger partial charge in [0.2, 0.25) is 5.75 Å². The van der Waals surface area contributed by atoms with Gasteiger partial charge in [0, 0.05) is 67.1 Å². The highest BCUT2D eigenvalue weighted by molar-refractivity contribution is 7.90. The van der Waals surface area contributed by atoms with Crippen LogP contribution in [0.2, 0.25) is 5.02 Å². The molecule has 1 saturated carbocycles. The van der Waals surface area contributed by atoms with Crippen LogP contribution >= 0.6 is 11.6 Å². The van der Waals surface area contributed by atoms with Crippen LogP contribution in [0.1, 0.15) is 88.1 Å². The number of fused-ring (bicyclic) bond motifs is 2. The average Bonchev–Trinajstić information content (AvgIpc) is 3.76. The highest BCUT2D eigenvalue weighted by atomic mass is 35.5. The van der Waals surface area contributed by atoms with Gasteiger partial charge in [0.1, 0.15) is 23.3 Å². The average molecular weight is 939 g/mol. The number of aliphatic hydroxyl groups is 1. The van der Waals surface area contributed by atoms with Gasteiger partial charge in [-0.05, 0) is 123 Å². The number of carbonyl (C=O) groups excluding carboxylic acids is 1. The fourth-order valence-electron chi connectivity index (χ4n) is 9.82. The summed E-state index contributed by atoms with van der Waals surface area (Å²) in [4.78, 5) is 37.5. The number of halogens is 1. The number of nitro benzene ring substituents is 1. The number of piperazine rings is 1. The Morgan fingerprint density at radius 1 is 1.03 bits per heavy atom. The van der Waals surface area contributed by atoms with Crippen molar-refractivity contribution in [1.82, 2.24) is 19.6 Å². The monoisotopic (exact) mass is 937 g/mol. The summed E-state index contributed by atoms with van der Waals surface area (Å²) in [7, 11) is -4.66. The summed E-state index contributed by atoms with van der Waals surface area (Å²) >= 11 is 6.25. The fraction of sp³-hybridized carbons (Fsp3) is 0.429. The second kappa shape index (κ2) is 18.2. The lowest BCUT2D eigenvalue weighted by Crippen LogP contribution is -2.47. The number of benzene rings is 3. The van der Waals surface area contributed by atoms with Gasteiger partial charge in [-0.25, -0.2) is 18.1 Å². The molecule has 66 heavy (non-hydrogen) atoms. The number of allylic oxidation sites excluding steroid dienone is 1. The van der Waals surface area contributed by atoms with Gasteiger partial charge in [0.15, 0.2) is 0 Å². The molecule has 15 nitrogen and oxygen atoms in total. The summed E-state index contributed by atoms with van der Waals surface area (Å²) in [5.74, 6) is -0.297. The van der Waals surface area contributed by atoms with E-state index in [2.05, 4.69) is 55.8 Å². The van der Waals surface area contributed by atoms with Crippen molar-refractivity contribution in [3.05, 3.63) is 111 Å². The van der Waals surface area contributed by atoms with E-state index in [1.165, 1.54) is 35.0 Å². The quantitative estimate of drug-likeness (QED) is 0.0686. The lowest BCUT2D eigenvalue weighted by atomic mass is 9.72. The lowest BCUT2D eigenvalue weighted by molar-refractivity contribution is -0.386. The van der Waals surface area contributed by atoms with E-state index in [0.717, 1.165) is 73.9 Å². The van der Waals surface area contributed by atoms with Gasteiger partial charge in [-0.1, -0.05) is 43.2 Å². The van der Waals surface area contributed by atoms with Gasteiger partial charge in [-0.2, -0.15) is 0 Å². The summed E-state index contributed by atoms with van der Waals surface area (Å²) < 4.78 is 42.5. The second-order valence-electron chi connectivity index (χ2n) is 19.4. The van der Waals surface area contributed by atoms with Crippen LogP contribution < -0.4 is 24.4 Å². The number of hydrogen-bond donors (Lipinski definition) is 4. The van der Waals surface area contributed by atoms with E-state index in [9.17, 15) is 28.4 Å². The Kier molecular flexibility index (Phi) is 12.5. The highest BCUT2D eigenvalue weighted by Gasteiger charge is 2.36. The fourth-order valence-corrected chi connectivity index (χ4v) is 11.0. The Morgan fingerprint density at radius 2 is 1.79 bits per heavy atom. The minimum Gasteiger partial charge on any atom is -0.480 e. The number of aromatic amines is 1. The SMILES string of the molecule is CC1(C)CCC(CN2CCN(c3ccc(C(=O)NS(=O)(=O)c4cc5c(c([N+](=O)[O-])c4)O[C@H](CC4CCC(C)(O)CC4)CN5)c(Oc4cnc5[nH]ccc5c4)c3)CC2)=C(c2ccc(Cl)cc2)C1. The molecule has 4 heterocycles. The number of amides is 1. The standard InChI is InChI=1S/C49H56ClN7O8S/c1-48(2)14-12-34(41(27-48)32-4-6-35(50)7-5-32)30-55-18-20-56(21-19-55)36-8-9-40(44(24-36)64-38-23-33-13-17-51-46(33)53-29-38)47(58)54-66(62,63)39-25-42-45(43(26-39)57(60)61)65-37(28-52-42)22-31-10-15-49(3,59)16-11-31/h4-9,13,17,23-26,29,31,37,52,59H,10-12,14-16,18-22,27-28,30H2,1-3H3,(H,51,53)(H,54,58)/t31?,37-,49?/m1/s1. The van der Waals surface area contributed by atoms with E-state index in [4.69, 9.17) is 21.1 Å². The van der Waals surface area contributed by atoms with E-state index in [1.807, 2.05) is 25.1 Å². The molecule has 348 valence electrons. The molecule has 2 aliphatic heterocycles. The molecule has 1 saturated heterocycles. The Balaban J connectivity index is 0.929. The van der Waals surface area contributed by atoms with Gasteiger partial charge in [0.25, 0.3) is 15.9 Å². The van der Waals surface area contributed by atoms with Crippen molar-refractivity contribution >= 4 is 61.2 Å². The van der Waals surface area contributed by atoms with Crippen LogP contribution in [0.5, 0.6) is 17.2 Å². The summed E-state index contributed by atoms with van der Waals surface area (Å²) in [6, 6.07) is 19.0. The summed E-state index contributed by atoms with van der Waals surface area (Å²) in [5, 5.41) is 27.4. The number of carbonyl (C=O) groups is 1. The van der Waals surface area contributed by atoms with Crippen LogP contribution in [-0.4, -0.2) is 90.2 Å². The molecule has 1 atom stereocenters. The van der Waals surface area contributed by atoms with Crippen molar-refractivity contribution in [3.8, 4) is 17.2 Å². The zero-order chi connectivity index (χ0) is 46.4. The van der Waals surface area contributed by atoms with Crippen molar-refractivity contribution in [2.45, 2.75) is 88.7 Å². The van der Waals surface area contributed by atoms with Crippen LogP contribution in [0.4, 0.5) is 17.1 Å². The Hall–Kier alpha value is -5.68. The summed E-state index contributed by atoms with van der Waals surface area (Å²) in [6.45, 7) is 10.7. The number of nitrogens with one attached hydrogen (secondary N) is 3. The number of aromatic nitrogens is 2. The number of anilines is 2. The number of H-pyrrole nitrogens is 1. The van der Waals surface area contributed by atoms with E-state index in [0.29, 0.717) is 50.3 Å². The van der Waals surface area contributed by atoms with Crippen LogP contribution in [0.3, 0.4) is 0 Å². The maximum Gasteiger partial charge on any atom is 0.314 e. The molecule has 4 aliphatic rings. The molecule has 2 aromatic heterocycles. The molecule has 0 radical (unpaired) electrons.